The third-order valence-corrected chi connectivity index (χ3v) is 10.3. The molecule has 0 aromatic heterocycles. The highest BCUT2D eigenvalue weighted by Crippen LogP contribution is 2.36. The van der Waals surface area contributed by atoms with Gasteiger partial charge in [-0.15, -0.1) is 0 Å². The van der Waals surface area contributed by atoms with Crippen LogP contribution >= 0.6 is 0 Å². The van der Waals surface area contributed by atoms with Gasteiger partial charge in [0.2, 0.25) is 0 Å². The Morgan fingerprint density at radius 2 is 1.45 bits per heavy atom. The predicted molar refractivity (Wildman–Crippen MR) is 100 cm³/mol. The molecule has 0 heterocycles. The average Bonchev–Trinajstić information content (AvgIpc) is 2.47. The van der Waals surface area contributed by atoms with E-state index in [2.05, 4.69) is 57.1 Å². The number of benzene rings is 2. The Morgan fingerprint density at radius 1 is 0.909 bits per heavy atom. The van der Waals surface area contributed by atoms with Gasteiger partial charge in [0.25, 0.3) is 0 Å². The van der Waals surface area contributed by atoms with Gasteiger partial charge < -0.3 is 5.73 Å². The van der Waals surface area contributed by atoms with Crippen molar-refractivity contribution in [3.8, 4) is 0 Å². The maximum atomic E-state index is 6.34. The lowest BCUT2D eigenvalue weighted by Gasteiger charge is -2.38. The molecule has 0 spiro atoms. The summed E-state index contributed by atoms with van der Waals surface area (Å²) in [4.78, 5) is 4.60. The summed E-state index contributed by atoms with van der Waals surface area (Å²) < 4.78 is 0. The zero-order valence-corrected chi connectivity index (χ0v) is 15.2. The van der Waals surface area contributed by atoms with Crippen molar-refractivity contribution in [1.29, 1.82) is 0 Å². The van der Waals surface area contributed by atoms with Gasteiger partial charge in [-0.3, -0.25) is 0 Å². The average molecular weight is 311 g/mol. The Hall–Kier alpha value is -1.87. The van der Waals surface area contributed by atoms with E-state index < -0.39 is 8.07 Å². The first-order valence-corrected chi connectivity index (χ1v) is 10.7. The molecule has 0 aliphatic heterocycles. The van der Waals surface area contributed by atoms with Crippen molar-refractivity contribution < 1.29 is 0 Å². The Kier molecular flexibility index (Phi) is 4.57. The zero-order chi connectivity index (χ0) is 16.4. The zero-order valence-electron chi connectivity index (χ0n) is 14.2. The molecule has 0 saturated carbocycles. The molecule has 0 saturated heterocycles. The summed E-state index contributed by atoms with van der Waals surface area (Å²) in [6.45, 7) is 11.8. The maximum Gasteiger partial charge on any atom is 0.131 e. The van der Waals surface area contributed by atoms with Gasteiger partial charge in [-0.05, 0) is 22.4 Å². The van der Waals surface area contributed by atoms with Crippen LogP contribution < -0.4 is 10.9 Å². The minimum absolute atomic E-state index is 0.260. The molecule has 0 unspecified atom stereocenters. The molecule has 0 bridgehead atoms. The molecule has 0 atom stereocenters. The molecule has 0 amide bonds. The molecule has 3 heteroatoms. The quantitative estimate of drug-likeness (QED) is 0.508. The summed E-state index contributed by atoms with van der Waals surface area (Å²) in [7, 11) is -1.67. The number of rotatable bonds is 3. The number of para-hydroxylation sites is 1. The van der Waals surface area contributed by atoms with Crippen molar-refractivity contribution in [2.24, 2.45) is 10.7 Å². The van der Waals surface area contributed by atoms with Crippen molar-refractivity contribution in [1.82, 2.24) is 0 Å². The third kappa shape index (κ3) is 3.30. The summed E-state index contributed by atoms with van der Waals surface area (Å²) in [5.74, 6) is 0.603. The highest BCUT2D eigenvalue weighted by molar-refractivity contribution is 6.92. The molecule has 0 aliphatic rings. The fourth-order valence-electron chi connectivity index (χ4n) is 2.36. The highest BCUT2D eigenvalue weighted by Gasteiger charge is 2.38. The summed E-state index contributed by atoms with van der Waals surface area (Å²) in [6, 6.07) is 18.4. The molecule has 0 radical (unpaired) electrons. The first kappa shape index (κ1) is 16.5. The minimum Gasteiger partial charge on any atom is -0.383 e. The molecule has 2 aromatic carbocycles. The molecule has 22 heavy (non-hydrogen) atoms. The van der Waals surface area contributed by atoms with Crippen molar-refractivity contribution in [2.75, 3.05) is 0 Å². The number of hydrogen-bond donors (Lipinski definition) is 1. The van der Waals surface area contributed by atoms with Crippen molar-refractivity contribution in [2.45, 2.75) is 38.9 Å². The van der Waals surface area contributed by atoms with Crippen molar-refractivity contribution in [3.05, 3.63) is 60.2 Å². The predicted octanol–water partition coefficient (Wildman–Crippen LogP) is 4.44. The fourth-order valence-corrected chi connectivity index (χ4v) is 4.56. The highest BCUT2D eigenvalue weighted by atomic mass is 28.3. The number of nitrogens with zero attached hydrogens (tertiary/aromatic N) is 1. The van der Waals surface area contributed by atoms with Gasteiger partial charge >= 0.3 is 0 Å². The van der Waals surface area contributed by atoms with E-state index in [1.54, 1.807) is 0 Å². The minimum atomic E-state index is -1.67. The normalized spacial score (nSPS) is 13.2. The van der Waals surface area contributed by atoms with E-state index in [0.29, 0.717) is 5.84 Å². The van der Waals surface area contributed by atoms with E-state index in [0.717, 1.165) is 11.3 Å². The summed E-state index contributed by atoms with van der Waals surface area (Å²) in [6.07, 6.45) is 0. The molecule has 2 nitrogen and oxygen atoms in total. The summed E-state index contributed by atoms with van der Waals surface area (Å²) >= 11 is 0. The number of amidine groups is 1. The number of aliphatic imine (C=N–C) groups is 1. The fraction of sp³-hybridized carbons (Fsp3) is 0.316. The van der Waals surface area contributed by atoms with Crippen LogP contribution in [0.3, 0.4) is 0 Å². The topological polar surface area (TPSA) is 38.4 Å². The van der Waals surface area contributed by atoms with E-state index in [1.807, 2.05) is 36.4 Å². The Bertz CT molecular complexity index is 667. The van der Waals surface area contributed by atoms with Gasteiger partial charge in [0.15, 0.2) is 0 Å². The van der Waals surface area contributed by atoms with Crippen LogP contribution in [0.1, 0.15) is 26.3 Å². The van der Waals surface area contributed by atoms with E-state index in [9.17, 15) is 0 Å². The lowest BCUT2D eigenvalue weighted by atomic mass is 10.2. The standard InChI is InChI=1S/C19H26N2Si/c1-19(2,3)22(4,5)17-14-10-9-13-16(17)18(20)21-15-11-7-6-8-12-15/h6-14H,1-5H3,(H2,20,21). The van der Waals surface area contributed by atoms with Crippen LogP contribution in [0.15, 0.2) is 59.6 Å². The van der Waals surface area contributed by atoms with Gasteiger partial charge in [-0.2, -0.15) is 0 Å². The lowest BCUT2D eigenvalue weighted by Crippen LogP contribution is -2.52. The van der Waals surface area contributed by atoms with Crippen molar-refractivity contribution >= 4 is 24.8 Å². The van der Waals surface area contributed by atoms with E-state index in [4.69, 9.17) is 5.73 Å². The maximum absolute atomic E-state index is 6.34. The van der Waals surface area contributed by atoms with Crippen LogP contribution in [0, 0.1) is 0 Å². The van der Waals surface area contributed by atoms with Crippen LogP contribution in [0.2, 0.25) is 18.1 Å². The van der Waals surface area contributed by atoms with E-state index in [1.165, 1.54) is 5.19 Å². The molecular formula is C19H26N2Si. The SMILES string of the molecule is CC(C)(C)[Si](C)(C)c1ccccc1C(N)=Nc1ccccc1. The van der Waals surface area contributed by atoms with Crippen LogP contribution in [-0.2, 0) is 0 Å². The van der Waals surface area contributed by atoms with Gasteiger partial charge in [0.05, 0.1) is 13.8 Å². The monoisotopic (exact) mass is 310 g/mol. The van der Waals surface area contributed by atoms with Crippen LogP contribution in [0.5, 0.6) is 0 Å². The summed E-state index contributed by atoms with van der Waals surface area (Å²) in [5, 5.41) is 1.63. The Labute approximate surface area is 135 Å². The van der Waals surface area contributed by atoms with E-state index >= 15 is 0 Å². The van der Waals surface area contributed by atoms with E-state index in [-0.39, 0.29) is 5.04 Å². The Balaban J connectivity index is 2.52. The van der Waals surface area contributed by atoms with Crippen LogP contribution in [0.4, 0.5) is 5.69 Å². The second kappa shape index (κ2) is 6.09. The second-order valence-electron chi connectivity index (χ2n) is 7.25. The molecule has 2 rings (SSSR count). The smallest absolute Gasteiger partial charge is 0.131 e. The van der Waals surface area contributed by atoms with Gasteiger partial charge in [0, 0.05) is 5.56 Å². The first-order valence-electron chi connectivity index (χ1n) is 7.72. The van der Waals surface area contributed by atoms with Gasteiger partial charge in [-0.25, -0.2) is 4.99 Å². The van der Waals surface area contributed by atoms with Crippen LogP contribution in [0.25, 0.3) is 0 Å². The molecule has 0 aliphatic carbocycles. The second-order valence-corrected chi connectivity index (χ2v) is 12.5. The summed E-state index contributed by atoms with van der Waals surface area (Å²) in [5.41, 5.74) is 8.32. The molecule has 116 valence electrons. The van der Waals surface area contributed by atoms with Gasteiger partial charge in [0.1, 0.15) is 5.84 Å². The first-order chi connectivity index (χ1) is 10.2. The molecule has 0 fully saturated rings. The lowest BCUT2D eigenvalue weighted by molar-refractivity contribution is 0.729. The third-order valence-electron chi connectivity index (χ3n) is 4.76. The van der Waals surface area contributed by atoms with Gasteiger partial charge in [-0.1, -0.05) is 76.3 Å². The molecular weight excluding hydrogens is 284 g/mol. The molecule has 2 aromatic rings. The van der Waals surface area contributed by atoms with Crippen LogP contribution in [-0.4, -0.2) is 13.9 Å². The molecule has 2 N–H and O–H groups in total. The van der Waals surface area contributed by atoms with Crippen molar-refractivity contribution in [3.63, 3.8) is 0 Å². The Morgan fingerprint density at radius 3 is 2.05 bits per heavy atom. The largest absolute Gasteiger partial charge is 0.383 e. The number of nitrogens with two attached hydrogens (primary N) is 1. The number of hydrogen-bond acceptors (Lipinski definition) is 1.